The molecule has 1 saturated heterocycles. The lowest BCUT2D eigenvalue weighted by Gasteiger charge is -2.13. The van der Waals surface area contributed by atoms with Crippen LogP contribution in [0.5, 0.6) is 0 Å². The summed E-state index contributed by atoms with van der Waals surface area (Å²) in [5, 5.41) is 0. The van der Waals surface area contributed by atoms with Crippen LogP contribution in [0.2, 0.25) is 0 Å². The smallest absolute Gasteiger partial charge is 0.236 e. The van der Waals surface area contributed by atoms with Gasteiger partial charge in [0.2, 0.25) is 5.91 Å². The first kappa shape index (κ1) is 10.6. The van der Waals surface area contributed by atoms with E-state index in [-0.39, 0.29) is 10.7 Å². The van der Waals surface area contributed by atoms with E-state index < -0.39 is 0 Å². The average molecular weight is 339 g/mol. The summed E-state index contributed by atoms with van der Waals surface area (Å²) >= 11 is 8.47. The third kappa shape index (κ3) is 2.20. The second kappa shape index (κ2) is 4.33. The molecule has 0 bridgehead atoms. The molecule has 0 aliphatic carbocycles. The highest BCUT2D eigenvalue weighted by atomic mass is 79.9. The number of hydrogen-bond donors (Lipinski definition) is 0. The number of amides is 1. The summed E-state index contributed by atoms with van der Waals surface area (Å²) in [5.41, 5.74) is 0. The number of carbonyl (C=O) groups excluding carboxylic acids is 1. The predicted molar refractivity (Wildman–Crippen MR) is 64.8 cm³/mol. The Kier molecular flexibility index (Phi) is 3.29. The van der Waals surface area contributed by atoms with E-state index in [1.54, 1.807) is 11.3 Å². The minimum absolute atomic E-state index is 0.0332. The summed E-state index contributed by atoms with van der Waals surface area (Å²) in [7, 11) is 0. The minimum Gasteiger partial charge on any atom is -0.337 e. The molecule has 14 heavy (non-hydrogen) atoms. The molecule has 0 spiro atoms. The maximum Gasteiger partial charge on any atom is 0.236 e. The number of alkyl halides is 1. The Balaban J connectivity index is 2.02. The Bertz CT molecular complexity index is 352. The highest BCUT2D eigenvalue weighted by molar-refractivity contribution is 9.11. The molecule has 1 aliphatic heterocycles. The van der Waals surface area contributed by atoms with Gasteiger partial charge >= 0.3 is 0 Å². The number of halogens is 2. The summed E-state index contributed by atoms with van der Waals surface area (Å²) in [6, 6.07) is 4.08. The lowest BCUT2D eigenvalue weighted by molar-refractivity contribution is -0.127. The number of nitrogens with zero attached hydrogens (tertiary/aromatic N) is 1. The standard InChI is InChI=1S/C9H9Br2NOS/c10-7-3-4-12(9(7)13)5-6-1-2-8(11)14-6/h1-2,7H,3-5H2. The van der Waals surface area contributed by atoms with E-state index in [1.807, 2.05) is 11.0 Å². The van der Waals surface area contributed by atoms with Crippen LogP contribution in [-0.2, 0) is 11.3 Å². The molecule has 1 unspecified atom stereocenters. The van der Waals surface area contributed by atoms with Gasteiger partial charge in [0, 0.05) is 11.4 Å². The fourth-order valence-electron chi connectivity index (χ4n) is 1.48. The average Bonchev–Trinajstić information content (AvgIpc) is 2.67. The fourth-order valence-corrected chi connectivity index (χ4v) is 3.48. The van der Waals surface area contributed by atoms with Crippen molar-refractivity contribution >= 4 is 49.1 Å². The first-order chi connectivity index (χ1) is 6.66. The van der Waals surface area contributed by atoms with Crippen LogP contribution in [0.15, 0.2) is 15.9 Å². The molecule has 1 aliphatic rings. The molecular formula is C9H9Br2NOS. The van der Waals surface area contributed by atoms with Crippen molar-refractivity contribution in [2.24, 2.45) is 0 Å². The summed E-state index contributed by atoms with van der Waals surface area (Å²) < 4.78 is 1.12. The molecule has 1 aromatic rings. The Morgan fingerprint density at radius 3 is 2.86 bits per heavy atom. The van der Waals surface area contributed by atoms with E-state index in [4.69, 9.17) is 0 Å². The van der Waals surface area contributed by atoms with Gasteiger partial charge in [-0.05, 0) is 34.5 Å². The molecule has 76 valence electrons. The van der Waals surface area contributed by atoms with Crippen LogP contribution in [0.3, 0.4) is 0 Å². The van der Waals surface area contributed by atoms with Crippen molar-refractivity contribution in [2.75, 3.05) is 6.54 Å². The molecule has 1 amide bonds. The van der Waals surface area contributed by atoms with Crippen LogP contribution in [0, 0.1) is 0 Å². The number of carbonyl (C=O) groups is 1. The molecule has 0 aromatic carbocycles. The van der Waals surface area contributed by atoms with Crippen LogP contribution >= 0.6 is 43.2 Å². The minimum atomic E-state index is 0.0332. The topological polar surface area (TPSA) is 20.3 Å². The van der Waals surface area contributed by atoms with Gasteiger partial charge in [-0.1, -0.05) is 15.9 Å². The van der Waals surface area contributed by atoms with E-state index >= 15 is 0 Å². The predicted octanol–water partition coefficient (Wildman–Crippen LogP) is 3.01. The number of hydrogen-bond acceptors (Lipinski definition) is 2. The normalized spacial score (nSPS) is 22.0. The highest BCUT2D eigenvalue weighted by Crippen LogP contribution is 2.26. The van der Waals surface area contributed by atoms with Crippen LogP contribution in [-0.4, -0.2) is 22.2 Å². The van der Waals surface area contributed by atoms with Crippen molar-refractivity contribution < 1.29 is 4.79 Å². The SMILES string of the molecule is O=C1C(Br)CCN1Cc1ccc(Br)s1. The highest BCUT2D eigenvalue weighted by Gasteiger charge is 2.29. The van der Waals surface area contributed by atoms with Crippen LogP contribution in [0.25, 0.3) is 0 Å². The fraction of sp³-hybridized carbons (Fsp3) is 0.444. The van der Waals surface area contributed by atoms with Gasteiger partial charge < -0.3 is 4.90 Å². The molecule has 0 saturated carbocycles. The van der Waals surface area contributed by atoms with Crippen LogP contribution in [0.1, 0.15) is 11.3 Å². The zero-order valence-corrected chi connectivity index (χ0v) is 11.4. The van der Waals surface area contributed by atoms with Crippen LogP contribution in [0.4, 0.5) is 0 Å². The van der Waals surface area contributed by atoms with Gasteiger partial charge in [0.25, 0.3) is 0 Å². The zero-order valence-electron chi connectivity index (χ0n) is 7.37. The first-order valence-corrected chi connectivity index (χ1v) is 6.86. The lowest BCUT2D eigenvalue weighted by Crippen LogP contribution is -2.26. The number of thiophene rings is 1. The third-order valence-corrected chi connectivity index (χ3v) is 4.67. The Labute approximate surface area is 104 Å². The van der Waals surface area contributed by atoms with Gasteiger partial charge in [-0.25, -0.2) is 0 Å². The summed E-state index contributed by atoms with van der Waals surface area (Å²) in [5.74, 6) is 0.217. The Hall–Kier alpha value is 0.130. The molecule has 2 rings (SSSR count). The van der Waals surface area contributed by atoms with Crippen molar-refractivity contribution in [3.63, 3.8) is 0 Å². The maximum atomic E-state index is 11.6. The second-order valence-corrected chi connectivity index (χ2v) is 6.87. The van der Waals surface area contributed by atoms with Crippen molar-refractivity contribution in [3.8, 4) is 0 Å². The van der Waals surface area contributed by atoms with Gasteiger partial charge in [0.1, 0.15) is 0 Å². The number of likely N-dealkylation sites (tertiary alicyclic amines) is 1. The monoisotopic (exact) mass is 337 g/mol. The summed E-state index contributed by atoms with van der Waals surface area (Å²) in [6.45, 7) is 1.61. The van der Waals surface area contributed by atoms with E-state index in [1.165, 1.54) is 4.88 Å². The second-order valence-electron chi connectivity index (χ2n) is 3.22. The number of rotatable bonds is 2. The molecule has 5 heteroatoms. The lowest BCUT2D eigenvalue weighted by atomic mass is 10.4. The first-order valence-electron chi connectivity index (χ1n) is 4.34. The summed E-state index contributed by atoms with van der Waals surface area (Å²) in [4.78, 5) is 14.8. The van der Waals surface area contributed by atoms with Gasteiger partial charge in [-0.2, -0.15) is 0 Å². The van der Waals surface area contributed by atoms with Gasteiger partial charge in [-0.3, -0.25) is 4.79 Å². The zero-order chi connectivity index (χ0) is 10.1. The van der Waals surface area contributed by atoms with Gasteiger partial charge in [-0.15, -0.1) is 11.3 Å². The van der Waals surface area contributed by atoms with Crippen molar-refractivity contribution in [1.29, 1.82) is 0 Å². The Morgan fingerprint density at radius 2 is 2.36 bits per heavy atom. The molecule has 1 fully saturated rings. The van der Waals surface area contributed by atoms with E-state index in [0.29, 0.717) is 0 Å². The van der Waals surface area contributed by atoms with E-state index in [9.17, 15) is 4.79 Å². The van der Waals surface area contributed by atoms with Crippen LogP contribution < -0.4 is 0 Å². The summed E-state index contributed by atoms with van der Waals surface area (Å²) in [6.07, 6.45) is 0.922. The largest absolute Gasteiger partial charge is 0.337 e. The molecular weight excluding hydrogens is 330 g/mol. The quantitative estimate of drug-likeness (QED) is 0.759. The van der Waals surface area contributed by atoms with E-state index in [0.717, 1.165) is 23.3 Å². The van der Waals surface area contributed by atoms with Gasteiger partial charge in [0.05, 0.1) is 15.2 Å². The van der Waals surface area contributed by atoms with Crippen molar-refractivity contribution in [2.45, 2.75) is 17.8 Å². The third-order valence-electron chi connectivity index (χ3n) is 2.21. The van der Waals surface area contributed by atoms with Gasteiger partial charge in [0.15, 0.2) is 0 Å². The molecule has 2 nitrogen and oxygen atoms in total. The molecule has 1 atom stereocenters. The van der Waals surface area contributed by atoms with Crippen molar-refractivity contribution in [1.82, 2.24) is 4.90 Å². The molecule has 0 N–H and O–H groups in total. The van der Waals surface area contributed by atoms with Crippen molar-refractivity contribution in [3.05, 3.63) is 20.8 Å². The molecule has 2 heterocycles. The molecule has 0 radical (unpaired) electrons. The molecule has 1 aromatic heterocycles. The van der Waals surface area contributed by atoms with E-state index in [2.05, 4.69) is 37.9 Å². The Morgan fingerprint density at radius 1 is 1.57 bits per heavy atom. The maximum absolute atomic E-state index is 11.6.